The number of aliphatic hydroxyl groups excluding tert-OH is 1. The number of nitrogens with two attached hydrogens (primary N) is 1. The molecule has 0 aliphatic rings. The van der Waals surface area contributed by atoms with Crippen LogP contribution in [0.1, 0.15) is 58.3 Å². The molecule has 0 saturated heterocycles. The summed E-state index contributed by atoms with van der Waals surface area (Å²) in [6, 6.07) is -0.631. The van der Waals surface area contributed by atoms with E-state index in [1.54, 1.807) is 0 Å². The van der Waals surface area contributed by atoms with Crippen LogP contribution in [0, 0.1) is 0 Å². The first-order valence-corrected chi connectivity index (χ1v) is 6.26. The molecule has 0 aromatic carbocycles. The standard InChI is InChI=1S/C12H25NO3/c1-2-3-4-5-6-7-8-9-10(13)11(14)12(15)16/h10-11,14H,2-9,13H2,1H3,(H,15,16). The van der Waals surface area contributed by atoms with Gasteiger partial charge in [0, 0.05) is 6.04 Å². The van der Waals surface area contributed by atoms with E-state index in [0.717, 1.165) is 12.8 Å². The zero-order valence-corrected chi connectivity index (χ0v) is 10.2. The van der Waals surface area contributed by atoms with Gasteiger partial charge in [0.05, 0.1) is 0 Å². The van der Waals surface area contributed by atoms with Crippen LogP contribution < -0.4 is 5.73 Å². The van der Waals surface area contributed by atoms with E-state index in [0.29, 0.717) is 6.42 Å². The summed E-state index contributed by atoms with van der Waals surface area (Å²) in [6.07, 6.45) is 7.37. The lowest BCUT2D eigenvalue weighted by Gasteiger charge is -2.14. The van der Waals surface area contributed by atoms with Gasteiger partial charge in [-0.15, -0.1) is 0 Å². The van der Waals surface area contributed by atoms with Gasteiger partial charge in [-0.2, -0.15) is 0 Å². The molecule has 2 atom stereocenters. The van der Waals surface area contributed by atoms with Gasteiger partial charge < -0.3 is 15.9 Å². The third kappa shape index (κ3) is 7.65. The predicted octanol–water partition coefficient (Wildman–Crippen LogP) is 1.90. The lowest BCUT2D eigenvalue weighted by atomic mass is 10.0. The Morgan fingerprint density at radius 1 is 1.12 bits per heavy atom. The molecule has 0 aromatic rings. The molecule has 0 radical (unpaired) electrons. The van der Waals surface area contributed by atoms with E-state index in [9.17, 15) is 4.79 Å². The second-order valence-corrected chi connectivity index (χ2v) is 4.36. The zero-order chi connectivity index (χ0) is 12.4. The van der Waals surface area contributed by atoms with Crippen LogP contribution in [0.2, 0.25) is 0 Å². The van der Waals surface area contributed by atoms with Crippen molar-refractivity contribution in [2.75, 3.05) is 0 Å². The minimum absolute atomic E-state index is 0.585. The lowest BCUT2D eigenvalue weighted by molar-refractivity contribution is -0.147. The number of hydrogen-bond donors (Lipinski definition) is 3. The summed E-state index contributed by atoms with van der Waals surface area (Å²) in [6.45, 7) is 2.19. The van der Waals surface area contributed by atoms with E-state index >= 15 is 0 Å². The maximum Gasteiger partial charge on any atom is 0.334 e. The molecule has 0 heterocycles. The Balaban J connectivity index is 3.34. The number of carbonyl (C=O) groups is 1. The molecule has 0 bridgehead atoms. The van der Waals surface area contributed by atoms with E-state index in [2.05, 4.69) is 6.92 Å². The van der Waals surface area contributed by atoms with Crippen LogP contribution in [0.4, 0.5) is 0 Å². The molecule has 4 N–H and O–H groups in total. The number of aliphatic hydroxyl groups is 1. The van der Waals surface area contributed by atoms with E-state index in [4.69, 9.17) is 15.9 Å². The molecule has 2 unspecified atom stereocenters. The normalized spacial score (nSPS) is 14.7. The SMILES string of the molecule is CCCCCCCCCC(N)C(O)C(=O)O. The van der Waals surface area contributed by atoms with Crippen molar-refractivity contribution in [2.24, 2.45) is 5.73 Å². The summed E-state index contributed by atoms with van der Waals surface area (Å²) >= 11 is 0. The molecule has 0 aromatic heterocycles. The Morgan fingerprint density at radius 2 is 1.62 bits per heavy atom. The van der Waals surface area contributed by atoms with Gasteiger partial charge >= 0.3 is 5.97 Å². The first-order chi connectivity index (χ1) is 7.59. The highest BCUT2D eigenvalue weighted by atomic mass is 16.4. The molecule has 0 fully saturated rings. The fourth-order valence-electron chi connectivity index (χ4n) is 1.68. The minimum atomic E-state index is -1.42. The summed E-state index contributed by atoms with van der Waals surface area (Å²) in [5, 5.41) is 17.7. The minimum Gasteiger partial charge on any atom is -0.479 e. The first kappa shape index (κ1) is 15.4. The van der Waals surface area contributed by atoms with E-state index < -0.39 is 18.1 Å². The number of unbranched alkanes of at least 4 members (excludes halogenated alkanes) is 6. The van der Waals surface area contributed by atoms with E-state index in [-0.39, 0.29) is 0 Å². The van der Waals surface area contributed by atoms with Crippen molar-refractivity contribution in [1.82, 2.24) is 0 Å². The Hall–Kier alpha value is -0.610. The van der Waals surface area contributed by atoms with Crippen LogP contribution in [-0.4, -0.2) is 28.3 Å². The largest absolute Gasteiger partial charge is 0.479 e. The van der Waals surface area contributed by atoms with Crippen molar-refractivity contribution in [3.05, 3.63) is 0 Å². The third-order valence-electron chi connectivity index (χ3n) is 2.80. The quantitative estimate of drug-likeness (QED) is 0.501. The molecule has 4 nitrogen and oxygen atoms in total. The molecule has 96 valence electrons. The van der Waals surface area contributed by atoms with Gasteiger partial charge in [0.15, 0.2) is 6.10 Å². The van der Waals surface area contributed by atoms with Crippen molar-refractivity contribution in [2.45, 2.75) is 70.4 Å². The number of hydrogen-bond acceptors (Lipinski definition) is 3. The second-order valence-electron chi connectivity index (χ2n) is 4.36. The van der Waals surface area contributed by atoms with Crippen LogP contribution in [0.15, 0.2) is 0 Å². The third-order valence-corrected chi connectivity index (χ3v) is 2.80. The van der Waals surface area contributed by atoms with Gasteiger partial charge in [-0.25, -0.2) is 4.79 Å². The maximum absolute atomic E-state index is 10.4. The van der Waals surface area contributed by atoms with Crippen LogP contribution in [0.3, 0.4) is 0 Å². The van der Waals surface area contributed by atoms with Gasteiger partial charge in [0.25, 0.3) is 0 Å². The molecule has 0 rings (SSSR count). The summed E-state index contributed by atoms with van der Waals surface area (Å²) in [7, 11) is 0. The highest BCUT2D eigenvalue weighted by Gasteiger charge is 2.21. The fraction of sp³-hybridized carbons (Fsp3) is 0.917. The predicted molar refractivity (Wildman–Crippen MR) is 64.2 cm³/mol. The highest BCUT2D eigenvalue weighted by molar-refractivity contribution is 5.72. The smallest absolute Gasteiger partial charge is 0.334 e. The molecule has 0 saturated carbocycles. The fourth-order valence-corrected chi connectivity index (χ4v) is 1.68. The number of carboxylic acids is 1. The summed E-state index contributed by atoms with van der Waals surface area (Å²) < 4.78 is 0. The van der Waals surface area contributed by atoms with Gasteiger partial charge in [-0.3, -0.25) is 0 Å². The monoisotopic (exact) mass is 231 g/mol. The van der Waals surface area contributed by atoms with Crippen LogP contribution in [0.25, 0.3) is 0 Å². The number of rotatable bonds is 10. The molecule has 16 heavy (non-hydrogen) atoms. The average molecular weight is 231 g/mol. The van der Waals surface area contributed by atoms with Crippen LogP contribution in [-0.2, 0) is 4.79 Å². The molecule has 0 aliphatic heterocycles. The first-order valence-electron chi connectivity index (χ1n) is 6.26. The topological polar surface area (TPSA) is 83.5 Å². The second kappa shape index (κ2) is 9.60. The average Bonchev–Trinajstić information content (AvgIpc) is 2.26. The summed E-state index contributed by atoms with van der Waals surface area (Å²) in [5.41, 5.74) is 5.55. The molecule has 4 heteroatoms. The molecule has 0 aliphatic carbocycles. The summed E-state index contributed by atoms with van der Waals surface area (Å²) in [4.78, 5) is 10.4. The van der Waals surface area contributed by atoms with E-state index in [1.807, 2.05) is 0 Å². The number of carboxylic acid groups (broad SMARTS) is 1. The highest BCUT2D eigenvalue weighted by Crippen LogP contribution is 2.10. The molecular formula is C12H25NO3. The zero-order valence-electron chi connectivity index (χ0n) is 10.2. The van der Waals surface area contributed by atoms with Gasteiger partial charge in [0.2, 0.25) is 0 Å². The van der Waals surface area contributed by atoms with E-state index in [1.165, 1.54) is 32.1 Å². The molecule has 0 spiro atoms. The van der Waals surface area contributed by atoms with Crippen molar-refractivity contribution in [1.29, 1.82) is 0 Å². The van der Waals surface area contributed by atoms with Crippen LogP contribution in [0.5, 0.6) is 0 Å². The molecular weight excluding hydrogens is 206 g/mol. The Kier molecular flexibility index (Phi) is 9.24. The van der Waals surface area contributed by atoms with Crippen molar-refractivity contribution >= 4 is 5.97 Å². The van der Waals surface area contributed by atoms with Gasteiger partial charge in [0.1, 0.15) is 0 Å². The van der Waals surface area contributed by atoms with Crippen molar-refractivity contribution in [3.8, 4) is 0 Å². The van der Waals surface area contributed by atoms with Gasteiger partial charge in [-0.05, 0) is 6.42 Å². The Bertz CT molecular complexity index is 185. The van der Waals surface area contributed by atoms with Crippen molar-refractivity contribution in [3.63, 3.8) is 0 Å². The van der Waals surface area contributed by atoms with Crippen molar-refractivity contribution < 1.29 is 15.0 Å². The maximum atomic E-state index is 10.4. The lowest BCUT2D eigenvalue weighted by Crippen LogP contribution is -2.40. The Morgan fingerprint density at radius 3 is 2.12 bits per heavy atom. The Labute approximate surface area is 97.8 Å². The number of aliphatic carboxylic acids is 1. The van der Waals surface area contributed by atoms with Crippen LogP contribution >= 0.6 is 0 Å². The van der Waals surface area contributed by atoms with Gasteiger partial charge in [-0.1, -0.05) is 51.9 Å². The summed E-state index contributed by atoms with van der Waals surface area (Å²) in [5.74, 6) is -1.23. The molecule has 0 amide bonds.